The Labute approximate surface area is 109 Å². The second kappa shape index (κ2) is 4.72. The van der Waals surface area contributed by atoms with Gasteiger partial charge in [0.15, 0.2) is 0 Å². The summed E-state index contributed by atoms with van der Waals surface area (Å²) in [6.07, 6.45) is 2.66. The Morgan fingerprint density at radius 2 is 2.32 bits per heavy atom. The Morgan fingerprint density at radius 1 is 1.42 bits per heavy atom. The SMILES string of the molecule is O=C1C[C@@H](C(=O)Nc2ccc3[nH]ncc3c2)CCN1. The summed E-state index contributed by atoms with van der Waals surface area (Å²) in [5.41, 5.74) is 1.65. The van der Waals surface area contributed by atoms with Crippen LogP contribution in [0.4, 0.5) is 5.69 Å². The van der Waals surface area contributed by atoms with Crippen molar-refractivity contribution < 1.29 is 9.59 Å². The van der Waals surface area contributed by atoms with Crippen LogP contribution in [0.5, 0.6) is 0 Å². The minimum Gasteiger partial charge on any atom is -0.356 e. The molecule has 0 bridgehead atoms. The van der Waals surface area contributed by atoms with E-state index >= 15 is 0 Å². The molecule has 1 aliphatic rings. The van der Waals surface area contributed by atoms with Gasteiger partial charge in [-0.3, -0.25) is 14.7 Å². The lowest BCUT2D eigenvalue weighted by atomic mass is 9.96. The highest BCUT2D eigenvalue weighted by molar-refractivity contribution is 5.97. The molecule has 98 valence electrons. The van der Waals surface area contributed by atoms with Crippen molar-refractivity contribution >= 4 is 28.4 Å². The lowest BCUT2D eigenvalue weighted by Gasteiger charge is -2.21. The van der Waals surface area contributed by atoms with Crippen molar-refractivity contribution in [1.82, 2.24) is 15.5 Å². The normalized spacial score (nSPS) is 19.2. The molecule has 6 heteroatoms. The van der Waals surface area contributed by atoms with E-state index in [1.807, 2.05) is 18.2 Å². The number of nitrogens with one attached hydrogen (secondary N) is 3. The Hall–Kier alpha value is -2.37. The third-order valence-corrected chi connectivity index (χ3v) is 3.33. The average molecular weight is 258 g/mol. The number of piperidine rings is 1. The number of aromatic nitrogens is 2. The average Bonchev–Trinajstić information content (AvgIpc) is 2.86. The van der Waals surface area contributed by atoms with Gasteiger partial charge >= 0.3 is 0 Å². The molecule has 2 heterocycles. The number of nitrogens with zero attached hydrogens (tertiary/aromatic N) is 1. The van der Waals surface area contributed by atoms with Crippen LogP contribution < -0.4 is 10.6 Å². The quantitative estimate of drug-likeness (QED) is 0.751. The first-order chi connectivity index (χ1) is 9.22. The fourth-order valence-corrected chi connectivity index (χ4v) is 2.27. The molecule has 19 heavy (non-hydrogen) atoms. The van der Waals surface area contributed by atoms with Gasteiger partial charge in [0.05, 0.1) is 11.7 Å². The summed E-state index contributed by atoms with van der Waals surface area (Å²) in [6, 6.07) is 5.55. The molecular weight excluding hydrogens is 244 g/mol. The number of hydrogen-bond donors (Lipinski definition) is 3. The highest BCUT2D eigenvalue weighted by atomic mass is 16.2. The van der Waals surface area contributed by atoms with Gasteiger partial charge in [0.2, 0.25) is 11.8 Å². The summed E-state index contributed by atoms with van der Waals surface area (Å²) in [6.45, 7) is 0.567. The summed E-state index contributed by atoms with van der Waals surface area (Å²) in [5.74, 6) is -0.400. The largest absolute Gasteiger partial charge is 0.356 e. The molecule has 1 aromatic heterocycles. The van der Waals surface area contributed by atoms with E-state index in [4.69, 9.17) is 0 Å². The monoisotopic (exact) mass is 258 g/mol. The van der Waals surface area contributed by atoms with E-state index in [1.165, 1.54) is 0 Å². The molecule has 1 saturated heterocycles. The summed E-state index contributed by atoms with van der Waals surface area (Å²) in [7, 11) is 0. The van der Waals surface area contributed by atoms with Crippen molar-refractivity contribution in [3.05, 3.63) is 24.4 Å². The first-order valence-corrected chi connectivity index (χ1v) is 6.23. The topological polar surface area (TPSA) is 86.9 Å². The smallest absolute Gasteiger partial charge is 0.228 e. The van der Waals surface area contributed by atoms with Crippen LogP contribution in [0, 0.1) is 5.92 Å². The zero-order valence-electron chi connectivity index (χ0n) is 10.3. The van der Waals surface area contributed by atoms with Crippen LogP contribution in [0.25, 0.3) is 10.9 Å². The zero-order valence-corrected chi connectivity index (χ0v) is 10.3. The first-order valence-electron chi connectivity index (χ1n) is 6.23. The van der Waals surface area contributed by atoms with Crippen molar-refractivity contribution in [2.75, 3.05) is 11.9 Å². The Morgan fingerprint density at radius 3 is 3.16 bits per heavy atom. The number of fused-ring (bicyclic) bond motifs is 1. The summed E-state index contributed by atoms with van der Waals surface area (Å²) in [4.78, 5) is 23.3. The molecule has 3 N–H and O–H groups in total. The fraction of sp³-hybridized carbons (Fsp3) is 0.308. The predicted octanol–water partition coefficient (Wildman–Crippen LogP) is 1.03. The van der Waals surface area contributed by atoms with Gasteiger partial charge in [-0.1, -0.05) is 0 Å². The second-order valence-corrected chi connectivity index (χ2v) is 4.70. The molecule has 1 aromatic carbocycles. The summed E-state index contributed by atoms with van der Waals surface area (Å²) >= 11 is 0. The minimum atomic E-state index is -0.242. The van der Waals surface area contributed by atoms with Crippen LogP contribution in [-0.4, -0.2) is 28.6 Å². The minimum absolute atomic E-state index is 0.0586. The standard InChI is InChI=1S/C13H14N4O2/c18-12-6-8(3-4-14-12)13(19)16-10-1-2-11-9(5-10)7-15-17-11/h1-2,5,7-8H,3-4,6H2,(H,14,18)(H,15,17)(H,16,19)/t8-/m0/s1. The van der Waals surface area contributed by atoms with E-state index in [9.17, 15) is 9.59 Å². The lowest BCUT2D eigenvalue weighted by molar-refractivity contribution is -0.129. The number of anilines is 1. The van der Waals surface area contributed by atoms with Gasteiger partial charge in [0.1, 0.15) is 0 Å². The van der Waals surface area contributed by atoms with Crippen LogP contribution in [0.3, 0.4) is 0 Å². The maximum atomic E-state index is 12.1. The van der Waals surface area contributed by atoms with Crippen molar-refractivity contribution in [3.8, 4) is 0 Å². The highest BCUT2D eigenvalue weighted by Gasteiger charge is 2.25. The summed E-state index contributed by atoms with van der Waals surface area (Å²) in [5, 5.41) is 13.3. The highest BCUT2D eigenvalue weighted by Crippen LogP contribution is 2.19. The number of carbonyl (C=O) groups excluding carboxylic acids is 2. The van der Waals surface area contributed by atoms with Gasteiger partial charge in [-0.15, -0.1) is 0 Å². The molecular formula is C13H14N4O2. The van der Waals surface area contributed by atoms with Gasteiger partial charge in [-0.2, -0.15) is 5.10 Å². The molecule has 3 rings (SSSR count). The number of H-pyrrole nitrogens is 1. The number of benzene rings is 1. The predicted molar refractivity (Wildman–Crippen MR) is 70.5 cm³/mol. The van der Waals surface area contributed by atoms with Crippen molar-refractivity contribution in [1.29, 1.82) is 0 Å². The van der Waals surface area contributed by atoms with E-state index < -0.39 is 0 Å². The zero-order chi connectivity index (χ0) is 13.2. The van der Waals surface area contributed by atoms with Gasteiger partial charge in [0, 0.05) is 30.0 Å². The molecule has 0 radical (unpaired) electrons. The van der Waals surface area contributed by atoms with Gasteiger partial charge in [0.25, 0.3) is 0 Å². The molecule has 1 atom stereocenters. The molecule has 1 fully saturated rings. The van der Waals surface area contributed by atoms with Gasteiger partial charge < -0.3 is 10.6 Å². The molecule has 0 saturated carbocycles. The number of hydrogen-bond acceptors (Lipinski definition) is 3. The summed E-state index contributed by atoms with van der Waals surface area (Å²) < 4.78 is 0. The molecule has 0 aliphatic carbocycles. The van der Waals surface area contributed by atoms with Crippen LogP contribution in [0.2, 0.25) is 0 Å². The van der Waals surface area contributed by atoms with Gasteiger partial charge in [-0.25, -0.2) is 0 Å². The van der Waals surface area contributed by atoms with Crippen molar-refractivity contribution in [3.63, 3.8) is 0 Å². The number of rotatable bonds is 2. The van der Waals surface area contributed by atoms with E-state index in [-0.39, 0.29) is 24.2 Å². The Bertz CT molecular complexity index is 634. The number of carbonyl (C=O) groups is 2. The maximum absolute atomic E-state index is 12.1. The molecule has 2 aromatic rings. The maximum Gasteiger partial charge on any atom is 0.228 e. The Balaban J connectivity index is 1.72. The van der Waals surface area contributed by atoms with Crippen LogP contribution in [0.15, 0.2) is 24.4 Å². The number of amides is 2. The van der Waals surface area contributed by atoms with Crippen LogP contribution >= 0.6 is 0 Å². The fourth-order valence-electron chi connectivity index (χ4n) is 2.27. The van der Waals surface area contributed by atoms with E-state index in [2.05, 4.69) is 20.8 Å². The van der Waals surface area contributed by atoms with Crippen LogP contribution in [-0.2, 0) is 9.59 Å². The van der Waals surface area contributed by atoms with Gasteiger partial charge in [-0.05, 0) is 24.6 Å². The first kappa shape index (κ1) is 11.7. The van der Waals surface area contributed by atoms with E-state index in [0.29, 0.717) is 13.0 Å². The lowest BCUT2D eigenvalue weighted by Crippen LogP contribution is -2.38. The molecule has 6 nitrogen and oxygen atoms in total. The molecule has 1 aliphatic heterocycles. The van der Waals surface area contributed by atoms with Crippen molar-refractivity contribution in [2.45, 2.75) is 12.8 Å². The van der Waals surface area contributed by atoms with E-state index in [0.717, 1.165) is 16.6 Å². The third kappa shape index (κ3) is 2.42. The second-order valence-electron chi connectivity index (χ2n) is 4.70. The van der Waals surface area contributed by atoms with Crippen molar-refractivity contribution in [2.24, 2.45) is 5.92 Å². The molecule has 0 spiro atoms. The third-order valence-electron chi connectivity index (χ3n) is 3.33. The van der Waals surface area contributed by atoms with Crippen LogP contribution in [0.1, 0.15) is 12.8 Å². The Kier molecular flexibility index (Phi) is 2.91. The van der Waals surface area contributed by atoms with E-state index in [1.54, 1.807) is 6.20 Å². The molecule has 2 amide bonds. The number of aromatic amines is 1. The molecule has 0 unspecified atom stereocenters.